The monoisotopic (exact) mass is 180 g/mol. The van der Waals surface area contributed by atoms with Crippen molar-refractivity contribution in [3.05, 3.63) is 0 Å². The third-order valence-electron chi connectivity index (χ3n) is 2.34. The Morgan fingerprint density at radius 1 is 1.69 bits per heavy atom. The van der Waals surface area contributed by atoms with Crippen molar-refractivity contribution in [3.63, 3.8) is 0 Å². The number of hydrogen-bond acceptors (Lipinski definition) is 2. The van der Waals surface area contributed by atoms with E-state index < -0.39 is 0 Å². The van der Waals surface area contributed by atoms with E-state index in [9.17, 15) is 4.79 Å². The molecule has 1 fully saturated rings. The summed E-state index contributed by atoms with van der Waals surface area (Å²) in [5, 5.41) is 5.95. The van der Waals surface area contributed by atoms with Crippen molar-refractivity contribution >= 4 is 5.91 Å². The number of amides is 1. The molecular formula is C10H16N2O. The van der Waals surface area contributed by atoms with E-state index in [1.165, 1.54) is 0 Å². The van der Waals surface area contributed by atoms with Crippen LogP contribution in [0.25, 0.3) is 0 Å². The van der Waals surface area contributed by atoms with E-state index in [0.29, 0.717) is 12.5 Å². The zero-order valence-corrected chi connectivity index (χ0v) is 8.18. The van der Waals surface area contributed by atoms with Crippen LogP contribution in [0, 0.1) is 17.8 Å². The fourth-order valence-electron chi connectivity index (χ4n) is 1.52. The highest BCUT2D eigenvalue weighted by molar-refractivity contribution is 5.82. The lowest BCUT2D eigenvalue weighted by atomic mass is 10.0. The Morgan fingerprint density at radius 2 is 2.46 bits per heavy atom. The summed E-state index contributed by atoms with van der Waals surface area (Å²) in [6, 6.07) is -0.0151. The molecule has 0 bridgehead atoms. The van der Waals surface area contributed by atoms with Crippen molar-refractivity contribution < 1.29 is 4.79 Å². The quantitative estimate of drug-likeness (QED) is 0.593. The van der Waals surface area contributed by atoms with Crippen LogP contribution in [0.2, 0.25) is 0 Å². The molecule has 1 heterocycles. The van der Waals surface area contributed by atoms with Crippen LogP contribution in [-0.4, -0.2) is 25.0 Å². The molecule has 0 aromatic carbocycles. The van der Waals surface area contributed by atoms with Gasteiger partial charge in [0, 0.05) is 0 Å². The summed E-state index contributed by atoms with van der Waals surface area (Å²) in [7, 11) is 0. The first-order valence-electron chi connectivity index (χ1n) is 4.66. The van der Waals surface area contributed by atoms with Crippen LogP contribution in [-0.2, 0) is 4.79 Å². The van der Waals surface area contributed by atoms with Crippen molar-refractivity contribution in [2.24, 2.45) is 5.92 Å². The predicted molar refractivity (Wildman–Crippen MR) is 52.0 cm³/mol. The van der Waals surface area contributed by atoms with Gasteiger partial charge in [0.05, 0.1) is 12.6 Å². The first-order valence-corrected chi connectivity index (χ1v) is 4.66. The molecule has 1 rings (SSSR count). The number of carbonyl (C=O) groups is 1. The molecule has 0 aromatic rings. The van der Waals surface area contributed by atoms with Gasteiger partial charge in [-0.1, -0.05) is 12.8 Å². The zero-order chi connectivity index (χ0) is 9.68. The Morgan fingerprint density at radius 3 is 3.00 bits per heavy atom. The molecule has 0 spiro atoms. The zero-order valence-electron chi connectivity index (χ0n) is 8.18. The highest BCUT2D eigenvalue weighted by atomic mass is 16.2. The second-order valence-electron chi connectivity index (χ2n) is 3.34. The van der Waals surface area contributed by atoms with E-state index in [1.807, 2.05) is 0 Å². The van der Waals surface area contributed by atoms with E-state index in [4.69, 9.17) is 0 Å². The molecule has 0 saturated carbocycles. The normalized spacial score (nSPS) is 26.3. The predicted octanol–water partition coefficient (Wildman–Crippen LogP) is 0.124. The standard InChI is InChI=1S/C10H16N2O/c1-3-4-6-12-10(13)9-8(2)5-7-11-9/h8-9,11H,5-7H2,1-2H3,(H,12,13). The number of nitrogens with one attached hydrogen (secondary N) is 2. The molecule has 2 unspecified atom stereocenters. The second kappa shape index (κ2) is 4.88. The van der Waals surface area contributed by atoms with Crippen LogP contribution in [0.4, 0.5) is 0 Å². The van der Waals surface area contributed by atoms with Gasteiger partial charge in [-0.2, -0.15) is 0 Å². The highest BCUT2D eigenvalue weighted by Gasteiger charge is 2.28. The van der Waals surface area contributed by atoms with Crippen molar-refractivity contribution in [1.82, 2.24) is 10.6 Å². The lowest BCUT2D eigenvalue weighted by Crippen LogP contribution is -2.43. The van der Waals surface area contributed by atoms with Crippen LogP contribution in [0.15, 0.2) is 0 Å². The minimum absolute atomic E-state index is 0.0151. The minimum atomic E-state index is -0.0151. The lowest BCUT2D eigenvalue weighted by Gasteiger charge is -2.13. The summed E-state index contributed by atoms with van der Waals surface area (Å²) in [5.74, 6) is 6.06. The summed E-state index contributed by atoms with van der Waals surface area (Å²) < 4.78 is 0. The van der Waals surface area contributed by atoms with Gasteiger partial charge in [0.1, 0.15) is 0 Å². The van der Waals surface area contributed by atoms with Crippen molar-refractivity contribution in [2.75, 3.05) is 13.1 Å². The van der Waals surface area contributed by atoms with Crippen molar-refractivity contribution in [1.29, 1.82) is 0 Å². The maximum atomic E-state index is 11.5. The summed E-state index contributed by atoms with van der Waals surface area (Å²) in [5.41, 5.74) is 0. The van der Waals surface area contributed by atoms with Gasteiger partial charge in [0.25, 0.3) is 0 Å². The molecule has 0 aliphatic carbocycles. The van der Waals surface area contributed by atoms with Gasteiger partial charge in [-0.15, -0.1) is 5.92 Å². The number of rotatable bonds is 2. The summed E-state index contributed by atoms with van der Waals surface area (Å²) in [6.45, 7) is 5.26. The van der Waals surface area contributed by atoms with Crippen molar-refractivity contribution in [2.45, 2.75) is 26.3 Å². The van der Waals surface area contributed by atoms with Crippen LogP contribution >= 0.6 is 0 Å². The Kier molecular flexibility index (Phi) is 3.78. The minimum Gasteiger partial charge on any atom is -0.344 e. The van der Waals surface area contributed by atoms with Gasteiger partial charge in [0.2, 0.25) is 5.91 Å². The topological polar surface area (TPSA) is 41.1 Å². The molecule has 1 aliphatic heterocycles. The fourth-order valence-corrected chi connectivity index (χ4v) is 1.52. The van der Waals surface area contributed by atoms with Crippen LogP contribution in [0.1, 0.15) is 20.3 Å². The van der Waals surface area contributed by atoms with Crippen molar-refractivity contribution in [3.8, 4) is 11.8 Å². The van der Waals surface area contributed by atoms with Gasteiger partial charge in [-0.3, -0.25) is 4.79 Å². The van der Waals surface area contributed by atoms with Gasteiger partial charge in [0.15, 0.2) is 0 Å². The van der Waals surface area contributed by atoms with Crippen LogP contribution in [0.3, 0.4) is 0 Å². The van der Waals surface area contributed by atoms with E-state index >= 15 is 0 Å². The van der Waals surface area contributed by atoms with Gasteiger partial charge in [-0.25, -0.2) is 0 Å². The van der Waals surface area contributed by atoms with E-state index in [0.717, 1.165) is 13.0 Å². The average Bonchev–Trinajstić information content (AvgIpc) is 2.52. The van der Waals surface area contributed by atoms with E-state index in [1.54, 1.807) is 6.92 Å². The highest BCUT2D eigenvalue weighted by Crippen LogP contribution is 2.13. The van der Waals surface area contributed by atoms with Gasteiger partial charge in [-0.05, 0) is 25.8 Å². The molecule has 13 heavy (non-hydrogen) atoms. The molecular weight excluding hydrogens is 164 g/mol. The Hall–Kier alpha value is -1.01. The molecule has 2 N–H and O–H groups in total. The maximum absolute atomic E-state index is 11.5. The third kappa shape index (κ3) is 2.74. The first-order chi connectivity index (χ1) is 6.25. The van der Waals surface area contributed by atoms with Crippen LogP contribution < -0.4 is 10.6 Å². The third-order valence-corrected chi connectivity index (χ3v) is 2.34. The molecule has 3 heteroatoms. The Bertz CT molecular complexity index is 239. The first kappa shape index (κ1) is 10.1. The average molecular weight is 180 g/mol. The molecule has 3 nitrogen and oxygen atoms in total. The second-order valence-corrected chi connectivity index (χ2v) is 3.34. The molecule has 1 amide bonds. The lowest BCUT2D eigenvalue weighted by molar-refractivity contribution is -0.123. The summed E-state index contributed by atoms with van der Waals surface area (Å²) >= 11 is 0. The molecule has 1 aliphatic rings. The van der Waals surface area contributed by atoms with Gasteiger partial charge >= 0.3 is 0 Å². The van der Waals surface area contributed by atoms with Crippen LogP contribution in [0.5, 0.6) is 0 Å². The molecule has 0 aromatic heterocycles. The summed E-state index contributed by atoms with van der Waals surface area (Å²) in [6.07, 6.45) is 1.08. The molecule has 2 atom stereocenters. The number of carbonyl (C=O) groups excluding carboxylic acids is 1. The van der Waals surface area contributed by atoms with E-state index in [2.05, 4.69) is 29.4 Å². The Balaban J connectivity index is 2.33. The maximum Gasteiger partial charge on any atom is 0.238 e. The molecule has 1 saturated heterocycles. The summed E-state index contributed by atoms with van der Waals surface area (Å²) in [4.78, 5) is 11.5. The van der Waals surface area contributed by atoms with E-state index in [-0.39, 0.29) is 11.9 Å². The fraction of sp³-hybridized carbons (Fsp3) is 0.700. The SMILES string of the molecule is CC#CCNC(=O)C1NCCC1C. The molecule has 72 valence electrons. The largest absolute Gasteiger partial charge is 0.344 e. The number of hydrogen-bond donors (Lipinski definition) is 2. The Labute approximate surface area is 79.3 Å². The van der Waals surface area contributed by atoms with Gasteiger partial charge < -0.3 is 10.6 Å². The smallest absolute Gasteiger partial charge is 0.238 e. The molecule has 0 radical (unpaired) electrons.